The number of thioether (sulfide) groups is 1. The van der Waals surface area contributed by atoms with Crippen LogP contribution in [-0.2, 0) is 0 Å². The zero-order chi connectivity index (χ0) is 12.3. The number of aromatic nitrogens is 3. The Hall–Kier alpha value is -1.40. The number of benzene rings is 1. The van der Waals surface area contributed by atoms with Crippen molar-refractivity contribution in [3.05, 3.63) is 42.0 Å². The highest BCUT2D eigenvalue weighted by atomic mass is 32.2. The maximum absolute atomic E-state index is 12.9. The van der Waals surface area contributed by atoms with Crippen molar-refractivity contribution in [2.24, 2.45) is 5.73 Å². The summed E-state index contributed by atoms with van der Waals surface area (Å²) in [5, 5.41) is 7.28. The Kier molecular flexibility index (Phi) is 3.75. The minimum Gasteiger partial charge on any atom is -0.327 e. The van der Waals surface area contributed by atoms with Crippen molar-refractivity contribution >= 4 is 11.8 Å². The Morgan fingerprint density at radius 3 is 2.59 bits per heavy atom. The molecule has 0 fully saturated rings. The Bertz CT molecular complexity index is 455. The number of H-pyrrole nitrogens is 1. The SMILES string of the molecule is CC(N)C(Sc1ncn[nH]1)c1ccc(F)cc1. The van der Waals surface area contributed by atoms with Crippen LogP contribution in [0.5, 0.6) is 0 Å². The molecule has 2 aromatic rings. The molecule has 0 saturated carbocycles. The molecular weight excluding hydrogens is 239 g/mol. The molecular formula is C11H13FN4S. The second kappa shape index (κ2) is 5.29. The van der Waals surface area contributed by atoms with E-state index in [0.717, 1.165) is 5.56 Å². The van der Waals surface area contributed by atoms with E-state index in [1.807, 2.05) is 6.92 Å². The maximum atomic E-state index is 12.9. The van der Waals surface area contributed by atoms with Crippen LogP contribution in [0, 0.1) is 5.82 Å². The third-order valence-corrected chi connectivity index (χ3v) is 3.68. The van der Waals surface area contributed by atoms with Crippen LogP contribution in [0.1, 0.15) is 17.7 Å². The molecule has 17 heavy (non-hydrogen) atoms. The summed E-state index contributed by atoms with van der Waals surface area (Å²) in [4.78, 5) is 4.05. The quantitative estimate of drug-likeness (QED) is 0.818. The van der Waals surface area contributed by atoms with Crippen molar-refractivity contribution in [2.75, 3.05) is 0 Å². The number of rotatable bonds is 4. The van der Waals surface area contributed by atoms with Crippen LogP contribution in [0.4, 0.5) is 4.39 Å². The fraction of sp³-hybridized carbons (Fsp3) is 0.273. The van der Waals surface area contributed by atoms with Crippen molar-refractivity contribution in [3.8, 4) is 0 Å². The number of hydrogen-bond donors (Lipinski definition) is 2. The zero-order valence-electron chi connectivity index (χ0n) is 9.30. The van der Waals surface area contributed by atoms with Crippen LogP contribution in [0.2, 0.25) is 0 Å². The monoisotopic (exact) mass is 252 g/mol. The second-order valence-corrected chi connectivity index (χ2v) is 4.87. The molecule has 2 unspecified atom stereocenters. The molecule has 4 nitrogen and oxygen atoms in total. The molecule has 90 valence electrons. The van der Waals surface area contributed by atoms with Gasteiger partial charge in [-0.15, -0.1) is 0 Å². The number of hydrogen-bond acceptors (Lipinski definition) is 4. The van der Waals surface area contributed by atoms with E-state index in [2.05, 4.69) is 15.2 Å². The molecule has 0 aliphatic carbocycles. The third kappa shape index (κ3) is 3.04. The Morgan fingerprint density at radius 1 is 1.35 bits per heavy atom. The maximum Gasteiger partial charge on any atom is 0.184 e. The molecule has 1 aromatic carbocycles. The first kappa shape index (κ1) is 12.1. The van der Waals surface area contributed by atoms with Crippen molar-refractivity contribution in [2.45, 2.75) is 23.4 Å². The average Bonchev–Trinajstić information content (AvgIpc) is 2.80. The predicted molar refractivity (Wildman–Crippen MR) is 65.0 cm³/mol. The summed E-state index contributed by atoms with van der Waals surface area (Å²) in [6, 6.07) is 6.28. The third-order valence-electron chi connectivity index (χ3n) is 2.31. The highest BCUT2D eigenvalue weighted by Gasteiger charge is 2.19. The van der Waals surface area contributed by atoms with Gasteiger partial charge in [0, 0.05) is 6.04 Å². The highest BCUT2D eigenvalue weighted by molar-refractivity contribution is 7.99. The Labute approximate surface area is 103 Å². The lowest BCUT2D eigenvalue weighted by Crippen LogP contribution is -2.22. The minimum atomic E-state index is -0.248. The van der Waals surface area contributed by atoms with Crippen molar-refractivity contribution in [1.82, 2.24) is 15.2 Å². The van der Waals surface area contributed by atoms with Gasteiger partial charge in [0.05, 0.1) is 5.25 Å². The van der Waals surface area contributed by atoms with Gasteiger partial charge < -0.3 is 5.73 Å². The number of nitrogens with two attached hydrogens (primary N) is 1. The lowest BCUT2D eigenvalue weighted by molar-refractivity contribution is 0.625. The molecule has 0 bridgehead atoms. The first-order chi connectivity index (χ1) is 8.16. The Morgan fingerprint density at radius 2 is 2.06 bits per heavy atom. The smallest absolute Gasteiger partial charge is 0.184 e. The van der Waals surface area contributed by atoms with Gasteiger partial charge in [-0.05, 0) is 24.6 Å². The largest absolute Gasteiger partial charge is 0.327 e. The number of aromatic amines is 1. The van der Waals surface area contributed by atoms with Gasteiger partial charge in [-0.1, -0.05) is 23.9 Å². The molecule has 1 aromatic heterocycles. The van der Waals surface area contributed by atoms with E-state index in [1.165, 1.54) is 30.2 Å². The fourth-order valence-corrected chi connectivity index (χ4v) is 2.46. The molecule has 0 saturated heterocycles. The molecule has 0 aliphatic heterocycles. The highest BCUT2D eigenvalue weighted by Crippen LogP contribution is 2.34. The van der Waals surface area contributed by atoms with Crippen LogP contribution in [0.25, 0.3) is 0 Å². The molecule has 2 rings (SSSR count). The predicted octanol–water partition coefficient (Wildman–Crippen LogP) is 2.12. The van der Waals surface area contributed by atoms with E-state index >= 15 is 0 Å². The van der Waals surface area contributed by atoms with Gasteiger partial charge >= 0.3 is 0 Å². The van der Waals surface area contributed by atoms with Gasteiger partial charge in [-0.2, -0.15) is 5.10 Å². The molecule has 0 spiro atoms. The van der Waals surface area contributed by atoms with Gasteiger partial charge in [0.2, 0.25) is 0 Å². The van der Waals surface area contributed by atoms with E-state index in [1.54, 1.807) is 12.1 Å². The molecule has 0 amide bonds. The van der Waals surface area contributed by atoms with Gasteiger partial charge in [0.1, 0.15) is 12.1 Å². The van der Waals surface area contributed by atoms with Gasteiger partial charge in [0.25, 0.3) is 0 Å². The minimum absolute atomic E-state index is 0.0172. The summed E-state index contributed by atoms with van der Waals surface area (Å²) < 4.78 is 12.9. The van der Waals surface area contributed by atoms with Gasteiger partial charge in [0.15, 0.2) is 5.16 Å². The van der Waals surface area contributed by atoms with Gasteiger partial charge in [-0.3, -0.25) is 5.10 Å². The number of nitrogens with one attached hydrogen (secondary N) is 1. The van der Waals surface area contributed by atoms with E-state index < -0.39 is 0 Å². The molecule has 0 radical (unpaired) electrons. The fourth-order valence-electron chi connectivity index (χ4n) is 1.50. The summed E-state index contributed by atoms with van der Waals surface area (Å²) in [6.07, 6.45) is 1.45. The number of halogens is 1. The molecule has 3 N–H and O–H groups in total. The van der Waals surface area contributed by atoms with Crippen molar-refractivity contribution in [1.29, 1.82) is 0 Å². The normalized spacial score (nSPS) is 14.5. The van der Waals surface area contributed by atoms with Crippen LogP contribution < -0.4 is 5.73 Å². The standard InChI is InChI=1S/C11H13FN4S/c1-7(13)10(17-11-14-6-15-16-11)8-2-4-9(12)5-3-8/h2-7,10H,13H2,1H3,(H,14,15,16). The summed E-state index contributed by atoms with van der Waals surface area (Å²) in [7, 11) is 0. The van der Waals surface area contributed by atoms with Crippen LogP contribution in [0.15, 0.2) is 35.7 Å². The summed E-state index contributed by atoms with van der Waals surface area (Å²) >= 11 is 1.49. The van der Waals surface area contributed by atoms with Gasteiger partial charge in [-0.25, -0.2) is 9.37 Å². The van der Waals surface area contributed by atoms with Crippen molar-refractivity contribution in [3.63, 3.8) is 0 Å². The molecule has 0 aliphatic rings. The average molecular weight is 252 g/mol. The van der Waals surface area contributed by atoms with Crippen LogP contribution >= 0.6 is 11.8 Å². The summed E-state index contributed by atoms with van der Waals surface area (Å²) in [5.74, 6) is -0.248. The molecule has 2 atom stereocenters. The molecule has 6 heteroatoms. The van der Waals surface area contributed by atoms with Crippen LogP contribution in [0.3, 0.4) is 0 Å². The second-order valence-electron chi connectivity index (χ2n) is 3.74. The molecule has 1 heterocycles. The van der Waals surface area contributed by atoms with E-state index in [-0.39, 0.29) is 17.1 Å². The summed E-state index contributed by atoms with van der Waals surface area (Å²) in [5.41, 5.74) is 6.92. The van der Waals surface area contributed by atoms with Crippen LogP contribution in [-0.4, -0.2) is 21.2 Å². The topological polar surface area (TPSA) is 67.6 Å². The zero-order valence-corrected chi connectivity index (χ0v) is 10.1. The first-order valence-corrected chi connectivity index (χ1v) is 6.08. The lowest BCUT2D eigenvalue weighted by Gasteiger charge is -2.19. The number of nitrogens with zero attached hydrogens (tertiary/aromatic N) is 2. The lowest BCUT2D eigenvalue weighted by atomic mass is 10.1. The summed E-state index contributed by atoms with van der Waals surface area (Å²) in [6.45, 7) is 1.91. The van der Waals surface area contributed by atoms with E-state index in [9.17, 15) is 4.39 Å². The van der Waals surface area contributed by atoms with E-state index in [0.29, 0.717) is 5.16 Å². The van der Waals surface area contributed by atoms with E-state index in [4.69, 9.17) is 5.73 Å². The van der Waals surface area contributed by atoms with Crippen molar-refractivity contribution < 1.29 is 4.39 Å². The first-order valence-electron chi connectivity index (χ1n) is 5.20. The Balaban J connectivity index is 2.20.